The predicted molar refractivity (Wildman–Crippen MR) is 77.0 cm³/mol. The van der Waals surface area contributed by atoms with E-state index in [0.717, 1.165) is 6.54 Å². The molecule has 0 amide bonds. The van der Waals surface area contributed by atoms with Gasteiger partial charge in [-0.3, -0.25) is 9.80 Å². The number of likely N-dealkylation sites (N-methyl/N-ethyl adjacent to an activating group) is 1. The quantitative estimate of drug-likeness (QED) is 0.816. The van der Waals surface area contributed by atoms with E-state index in [1.54, 1.807) is 6.20 Å². The standard InChI is InChI=1S/C14H23N5/c1-10-3-4-17-14(15)12(10)13(16-2)11-9-18-5-7-19(11)8-6-18/h3-4,11,13,16H,5-9H2,1-2H3,(H2,15,17). The van der Waals surface area contributed by atoms with Crippen molar-refractivity contribution in [1.29, 1.82) is 0 Å². The maximum absolute atomic E-state index is 6.12. The fourth-order valence-electron chi connectivity index (χ4n) is 3.50. The first kappa shape index (κ1) is 12.8. The largest absolute Gasteiger partial charge is 0.383 e. The highest BCUT2D eigenvalue weighted by molar-refractivity contribution is 5.47. The molecule has 2 atom stereocenters. The first-order chi connectivity index (χ1) is 9.20. The molecule has 0 aromatic carbocycles. The summed E-state index contributed by atoms with van der Waals surface area (Å²) in [6, 6.07) is 2.81. The number of hydrogen-bond acceptors (Lipinski definition) is 5. The van der Waals surface area contributed by atoms with Gasteiger partial charge in [0.1, 0.15) is 5.82 Å². The van der Waals surface area contributed by atoms with Crippen molar-refractivity contribution in [3.63, 3.8) is 0 Å². The summed E-state index contributed by atoms with van der Waals surface area (Å²) in [5.74, 6) is 0.664. The van der Waals surface area contributed by atoms with Gasteiger partial charge < -0.3 is 11.1 Å². The summed E-state index contributed by atoms with van der Waals surface area (Å²) in [5.41, 5.74) is 8.52. The van der Waals surface area contributed by atoms with Gasteiger partial charge in [0.25, 0.3) is 0 Å². The fourth-order valence-corrected chi connectivity index (χ4v) is 3.50. The Balaban J connectivity index is 1.92. The minimum absolute atomic E-state index is 0.261. The lowest BCUT2D eigenvalue weighted by atomic mass is 9.92. The molecule has 104 valence electrons. The smallest absolute Gasteiger partial charge is 0.128 e. The Morgan fingerprint density at radius 3 is 2.63 bits per heavy atom. The number of anilines is 1. The van der Waals surface area contributed by atoms with E-state index in [1.165, 1.54) is 37.3 Å². The highest BCUT2D eigenvalue weighted by Crippen LogP contribution is 2.31. The van der Waals surface area contributed by atoms with Crippen molar-refractivity contribution in [2.45, 2.75) is 19.0 Å². The van der Waals surface area contributed by atoms with Crippen LogP contribution in [0.4, 0.5) is 5.82 Å². The number of nitrogen functional groups attached to an aromatic ring is 1. The Morgan fingerprint density at radius 1 is 1.37 bits per heavy atom. The lowest BCUT2D eigenvalue weighted by molar-refractivity contribution is -0.00256. The van der Waals surface area contributed by atoms with Crippen LogP contribution in [0.25, 0.3) is 0 Å². The van der Waals surface area contributed by atoms with E-state index >= 15 is 0 Å². The minimum atomic E-state index is 0.261. The number of nitrogens with one attached hydrogen (secondary N) is 1. The van der Waals surface area contributed by atoms with Crippen molar-refractivity contribution in [1.82, 2.24) is 20.1 Å². The first-order valence-electron chi connectivity index (χ1n) is 7.05. The second-order valence-corrected chi connectivity index (χ2v) is 5.60. The van der Waals surface area contributed by atoms with E-state index in [0.29, 0.717) is 11.9 Å². The SMILES string of the molecule is CNC(c1c(C)ccnc1N)C1CN2CCN1CC2. The first-order valence-corrected chi connectivity index (χ1v) is 7.05. The van der Waals surface area contributed by atoms with Gasteiger partial charge in [-0.1, -0.05) is 0 Å². The lowest BCUT2D eigenvalue weighted by Crippen LogP contribution is -2.63. The average Bonchev–Trinajstić information content (AvgIpc) is 2.44. The van der Waals surface area contributed by atoms with Crippen molar-refractivity contribution >= 4 is 5.82 Å². The molecular formula is C14H23N5. The number of nitrogens with zero attached hydrogens (tertiary/aromatic N) is 3. The summed E-state index contributed by atoms with van der Waals surface area (Å²) in [4.78, 5) is 9.41. The summed E-state index contributed by atoms with van der Waals surface area (Å²) in [7, 11) is 2.02. The zero-order chi connectivity index (χ0) is 13.4. The van der Waals surface area contributed by atoms with Crippen LogP contribution < -0.4 is 11.1 Å². The van der Waals surface area contributed by atoms with E-state index in [1.807, 2.05) is 13.1 Å². The highest BCUT2D eigenvalue weighted by Gasteiger charge is 2.37. The van der Waals surface area contributed by atoms with E-state index in [-0.39, 0.29) is 6.04 Å². The van der Waals surface area contributed by atoms with Gasteiger partial charge >= 0.3 is 0 Å². The molecule has 3 aliphatic heterocycles. The van der Waals surface area contributed by atoms with Crippen LogP contribution in [-0.4, -0.2) is 60.6 Å². The molecule has 3 N–H and O–H groups in total. The Morgan fingerprint density at radius 2 is 2.11 bits per heavy atom. The summed E-state index contributed by atoms with van der Waals surface area (Å²) >= 11 is 0. The second kappa shape index (κ2) is 5.07. The number of rotatable bonds is 3. The van der Waals surface area contributed by atoms with Crippen LogP contribution in [0.5, 0.6) is 0 Å². The van der Waals surface area contributed by atoms with Gasteiger partial charge in [0.2, 0.25) is 0 Å². The van der Waals surface area contributed by atoms with E-state index in [4.69, 9.17) is 5.73 Å². The van der Waals surface area contributed by atoms with Crippen molar-refractivity contribution in [3.8, 4) is 0 Å². The van der Waals surface area contributed by atoms with Crippen LogP contribution in [0.3, 0.4) is 0 Å². The molecule has 2 bridgehead atoms. The normalized spacial score (nSPS) is 31.4. The molecule has 3 fully saturated rings. The molecule has 0 radical (unpaired) electrons. The summed E-state index contributed by atoms with van der Waals surface area (Å²) in [6.45, 7) is 7.99. The number of pyridine rings is 1. The molecule has 1 aromatic heterocycles. The molecule has 5 nitrogen and oxygen atoms in total. The van der Waals surface area contributed by atoms with Crippen molar-refractivity contribution in [2.24, 2.45) is 0 Å². The van der Waals surface area contributed by atoms with E-state index in [9.17, 15) is 0 Å². The van der Waals surface area contributed by atoms with E-state index < -0.39 is 0 Å². The molecule has 0 saturated carbocycles. The molecule has 4 heterocycles. The molecule has 4 rings (SSSR count). The average molecular weight is 261 g/mol. The molecule has 1 aromatic rings. The number of aromatic nitrogens is 1. The minimum Gasteiger partial charge on any atom is -0.383 e. The van der Waals surface area contributed by atoms with Gasteiger partial charge in [-0.15, -0.1) is 0 Å². The van der Waals surface area contributed by atoms with E-state index in [2.05, 4.69) is 27.0 Å². The summed E-state index contributed by atoms with van der Waals surface area (Å²) in [5, 5.41) is 3.47. The van der Waals surface area contributed by atoms with Gasteiger partial charge in [0, 0.05) is 50.5 Å². The van der Waals surface area contributed by atoms with Crippen LogP contribution in [0.2, 0.25) is 0 Å². The Bertz CT molecular complexity index is 433. The Labute approximate surface area is 114 Å². The molecule has 19 heavy (non-hydrogen) atoms. The number of nitrogens with two attached hydrogens (primary N) is 1. The van der Waals surface area contributed by atoms with Gasteiger partial charge in [-0.2, -0.15) is 0 Å². The molecule has 0 aliphatic carbocycles. The Kier molecular flexibility index (Phi) is 3.43. The zero-order valence-electron chi connectivity index (χ0n) is 11.8. The highest BCUT2D eigenvalue weighted by atomic mass is 15.4. The number of hydrogen-bond donors (Lipinski definition) is 2. The summed E-state index contributed by atoms with van der Waals surface area (Å²) in [6.07, 6.45) is 1.79. The van der Waals surface area contributed by atoms with Gasteiger partial charge in [0.15, 0.2) is 0 Å². The molecular weight excluding hydrogens is 238 g/mol. The number of piperazine rings is 3. The summed E-state index contributed by atoms with van der Waals surface area (Å²) < 4.78 is 0. The van der Waals surface area contributed by atoms with Crippen LogP contribution in [0.15, 0.2) is 12.3 Å². The van der Waals surface area contributed by atoms with Gasteiger partial charge in [-0.25, -0.2) is 4.98 Å². The third-order valence-corrected chi connectivity index (χ3v) is 4.57. The van der Waals surface area contributed by atoms with Crippen LogP contribution >= 0.6 is 0 Å². The molecule has 3 aliphatic rings. The predicted octanol–water partition coefficient (Wildman–Crippen LogP) is 0.233. The second-order valence-electron chi connectivity index (χ2n) is 5.60. The van der Waals surface area contributed by atoms with Crippen LogP contribution in [-0.2, 0) is 0 Å². The maximum Gasteiger partial charge on any atom is 0.128 e. The Hall–Kier alpha value is -1.17. The lowest BCUT2D eigenvalue weighted by Gasteiger charge is -2.50. The molecule has 2 unspecified atom stereocenters. The maximum atomic E-state index is 6.12. The third-order valence-electron chi connectivity index (χ3n) is 4.57. The van der Waals surface area contributed by atoms with Crippen LogP contribution in [0.1, 0.15) is 17.2 Å². The van der Waals surface area contributed by atoms with Gasteiger partial charge in [0.05, 0.1) is 6.04 Å². The third kappa shape index (κ3) is 2.22. The topological polar surface area (TPSA) is 57.4 Å². The number of fused-ring (bicyclic) bond motifs is 3. The molecule has 5 heteroatoms. The zero-order valence-corrected chi connectivity index (χ0v) is 11.8. The molecule has 3 saturated heterocycles. The fraction of sp³-hybridized carbons (Fsp3) is 0.643. The molecule has 0 spiro atoms. The van der Waals surface area contributed by atoms with Crippen molar-refractivity contribution in [2.75, 3.05) is 45.5 Å². The number of aryl methyl sites for hydroxylation is 1. The van der Waals surface area contributed by atoms with Crippen molar-refractivity contribution in [3.05, 3.63) is 23.4 Å². The van der Waals surface area contributed by atoms with Gasteiger partial charge in [-0.05, 0) is 25.6 Å². The van der Waals surface area contributed by atoms with Crippen LogP contribution in [0, 0.1) is 6.92 Å². The monoisotopic (exact) mass is 261 g/mol. The van der Waals surface area contributed by atoms with Crippen molar-refractivity contribution < 1.29 is 0 Å².